The summed E-state index contributed by atoms with van der Waals surface area (Å²) in [5, 5.41) is 122. The van der Waals surface area contributed by atoms with Crippen molar-refractivity contribution in [2.75, 3.05) is 27.4 Å². The fourth-order valence-electron chi connectivity index (χ4n) is 19.6. The molecule has 10 aliphatic rings. The molecule has 4 aliphatic carbocycles. The number of esters is 4. The Bertz CT molecular complexity index is 2360. The number of methoxy groups -OCH3 is 2. The van der Waals surface area contributed by atoms with Gasteiger partial charge in [0.25, 0.3) is 0 Å². The molecule has 8 fully saturated rings. The van der Waals surface area contributed by atoms with Crippen LogP contribution < -0.4 is 0 Å². The second-order valence-corrected chi connectivity index (χ2v) is 28.2. The van der Waals surface area contributed by atoms with Crippen molar-refractivity contribution in [3.05, 3.63) is 23.3 Å². The monoisotopic (exact) mass is 1190 g/mol. The van der Waals surface area contributed by atoms with E-state index in [2.05, 4.69) is 13.8 Å². The lowest BCUT2D eigenvalue weighted by Gasteiger charge is -2.62. The number of fused-ring (bicyclic) bond motifs is 12. The Morgan fingerprint density at radius 1 is 0.571 bits per heavy atom. The second kappa shape index (κ2) is 23.6. The van der Waals surface area contributed by atoms with Crippen molar-refractivity contribution >= 4 is 23.9 Å². The molecule has 22 nitrogen and oxygen atoms in total. The summed E-state index contributed by atoms with van der Waals surface area (Å²) in [6.07, 6.45) is -14.1. The standard InChI is InChI=1S/C62H94O22/c1-29-33-13-9-11-17-61(51(71)49(47(69)53(73)83-61)81-37(29)23-39-57(33,3)19-15-41(65)59(39,5)55(75)77-7)25-35(63)45(31-21-43(67)79-27-31)46(32-22-44(68)80-28-32)36(64)26-62-18-12-10-14-34-30(2)38(82-50(52(62)72)48(70)54(74)84-62)24-40-58(34,4)20-16-42(66)60(40,6)56(76)78-8/h21-22,29-30,33-42,45-54,63-66,69-74H,9-20,23-28H2,1-8H3/t29-,30+,33?,34?,35?,36?,37+,38-,39-,40+,41-,42+,45?,46?,47-,48+,49-,50+,51-,52+,53-,54+,57-,58+,59+,60-,61?,62?. The molecular weight excluding hydrogens is 1100 g/mol. The van der Waals surface area contributed by atoms with E-state index in [-0.39, 0.29) is 73.7 Å². The third-order valence-electron chi connectivity index (χ3n) is 24.3. The number of carbonyl (C=O) groups is 4. The molecule has 0 amide bonds. The molecule has 0 aromatic carbocycles. The van der Waals surface area contributed by atoms with Gasteiger partial charge in [-0.1, -0.05) is 53.4 Å². The van der Waals surface area contributed by atoms with E-state index in [9.17, 15) is 70.2 Å². The largest absolute Gasteiger partial charge is 0.469 e. The molecule has 8 unspecified atom stereocenters. The Morgan fingerprint density at radius 2 is 0.940 bits per heavy atom. The van der Waals surface area contributed by atoms with Gasteiger partial charge >= 0.3 is 23.9 Å². The van der Waals surface area contributed by atoms with E-state index in [1.165, 1.54) is 26.4 Å². The van der Waals surface area contributed by atoms with E-state index in [4.69, 9.17) is 37.9 Å². The van der Waals surface area contributed by atoms with Crippen LogP contribution in [0.25, 0.3) is 0 Å². The van der Waals surface area contributed by atoms with Crippen LogP contribution in [0.2, 0.25) is 0 Å². The maximum absolute atomic E-state index is 13.7. The Morgan fingerprint density at radius 3 is 1.27 bits per heavy atom. The lowest BCUT2D eigenvalue weighted by Crippen LogP contribution is -2.68. The van der Waals surface area contributed by atoms with Crippen LogP contribution in [-0.2, 0) is 57.1 Å². The molecule has 6 heterocycles. The summed E-state index contributed by atoms with van der Waals surface area (Å²) >= 11 is 0. The van der Waals surface area contributed by atoms with Crippen LogP contribution in [0.5, 0.6) is 0 Å². The van der Waals surface area contributed by atoms with Gasteiger partial charge in [-0.3, -0.25) is 9.59 Å². The first-order chi connectivity index (χ1) is 39.6. The highest BCUT2D eigenvalue weighted by atomic mass is 16.7. The van der Waals surface area contributed by atoms with Crippen molar-refractivity contribution in [2.45, 2.75) is 241 Å². The highest BCUT2D eigenvalue weighted by molar-refractivity contribution is 5.86. The van der Waals surface area contributed by atoms with Gasteiger partial charge in [-0.25, -0.2) is 9.59 Å². The zero-order valence-electron chi connectivity index (χ0n) is 50.0. The van der Waals surface area contributed by atoms with Gasteiger partial charge in [0, 0.05) is 36.8 Å². The SMILES string of the molecule is COC(=O)[C@]1(C)[C@H]2C[C@H]3O[C@H]4[C@H](O)[C@@H](O)OC(CC(O)C(C5=CC(=O)OC5)C(C5=CC(=O)OC5)C(O)CC56CCCCC7[C@@H](C)[C@H](C[C@H]8[C@](C)(C(=O)OC)[C@H](O)CC[C@]78C)O[C@H]([C@@H](O)[C@H](O)O5)[C@H]6O)(CCCCC([C@@H]3C)[C@]2(C)CC[C@@H]1O)[C@H]4O. The molecule has 22 heteroatoms. The molecule has 6 aliphatic heterocycles. The number of aliphatic hydroxyl groups excluding tert-OH is 10. The Balaban J connectivity index is 0.989. The van der Waals surface area contributed by atoms with Crippen LogP contribution in [0.15, 0.2) is 23.3 Å². The number of hydrogen-bond acceptors (Lipinski definition) is 22. The average molecular weight is 1190 g/mol. The van der Waals surface area contributed by atoms with Crippen molar-refractivity contribution in [1.29, 1.82) is 0 Å². The van der Waals surface area contributed by atoms with Crippen LogP contribution >= 0.6 is 0 Å². The highest BCUT2D eigenvalue weighted by Crippen LogP contribution is 2.66. The van der Waals surface area contributed by atoms with Crippen molar-refractivity contribution < 1.29 is 108 Å². The van der Waals surface area contributed by atoms with Crippen molar-refractivity contribution in [3.63, 3.8) is 0 Å². The first kappa shape index (κ1) is 63.8. The van der Waals surface area contributed by atoms with Gasteiger partial charge in [0.05, 0.1) is 61.7 Å². The number of ether oxygens (including phenoxy) is 8. The summed E-state index contributed by atoms with van der Waals surface area (Å²) in [6, 6.07) is 0. The zero-order chi connectivity index (χ0) is 61.0. The van der Waals surface area contributed by atoms with Crippen LogP contribution in [0, 0.1) is 69.0 Å². The lowest BCUT2D eigenvalue weighted by atomic mass is 9.44. The van der Waals surface area contributed by atoms with E-state index in [1.807, 2.05) is 13.8 Å². The maximum atomic E-state index is 13.7. The van der Waals surface area contributed by atoms with Gasteiger partial charge in [0.2, 0.25) is 0 Å². The van der Waals surface area contributed by atoms with Gasteiger partial charge in [-0.15, -0.1) is 0 Å². The molecule has 4 saturated heterocycles. The van der Waals surface area contributed by atoms with Gasteiger partial charge in [0.1, 0.15) is 61.0 Å². The summed E-state index contributed by atoms with van der Waals surface area (Å²) in [5.74, 6) is -6.76. The molecule has 0 radical (unpaired) electrons. The Labute approximate surface area is 491 Å². The molecule has 474 valence electrons. The molecule has 10 rings (SSSR count). The quantitative estimate of drug-likeness (QED) is 0.105. The maximum Gasteiger partial charge on any atom is 0.331 e. The predicted molar refractivity (Wildman–Crippen MR) is 293 cm³/mol. The number of cyclic esters (lactones) is 2. The topological polar surface area (TPSA) is 344 Å². The highest BCUT2D eigenvalue weighted by Gasteiger charge is 2.68. The molecule has 8 bridgehead atoms. The minimum Gasteiger partial charge on any atom is -0.469 e. The smallest absolute Gasteiger partial charge is 0.331 e. The van der Waals surface area contributed by atoms with Gasteiger partial charge in [-0.05, 0) is 136 Å². The van der Waals surface area contributed by atoms with Crippen LogP contribution in [0.1, 0.15) is 144 Å². The van der Waals surface area contributed by atoms with Crippen molar-refractivity contribution in [1.82, 2.24) is 0 Å². The number of carbonyl (C=O) groups excluding carboxylic acids is 4. The van der Waals surface area contributed by atoms with E-state index in [1.54, 1.807) is 13.8 Å². The summed E-state index contributed by atoms with van der Waals surface area (Å²) < 4.78 is 48.0. The third kappa shape index (κ3) is 10.3. The van der Waals surface area contributed by atoms with Crippen molar-refractivity contribution in [2.24, 2.45) is 69.0 Å². The van der Waals surface area contributed by atoms with Gasteiger partial charge in [0.15, 0.2) is 12.6 Å². The Hall–Kier alpha value is -3.20. The van der Waals surface area contributed by atoms with E-state index in [0.29, 0.717) is 64.2 Å². The van der Waals surface area contributed by atoms with E-state index in [0.717, 1.165) is 0 Å². The fourth-order valence-corrected chi connectivity index (χ4v) is 19.6. The third-order valence-corrected chi connectivity index (χ3v) is 24.3. The van der Waals surface area contributed by atoms with E-state index >= 15 is 0 Å². The van der Waals surface area contributed by atoms with Gasteiger partial charge < -0.3 is 89.0 Å². The molecule has 4 saturated carbocycles. The summed E-state index contributed by atoms with van der Waals surface area (Å²) in [6.45, 7) is 11.1. The molecule has 10 N–H and O–H groups in total. The van der Waals surface area contributed by atoms with E-state index < -0.39 is 179 Å². The molecule has 0 spiro atoms. The van der Waals surface area contributed by atoms with Crippen LogP contribution in [-0.4, -0.2) is 199 Å². The summed E-state index contributed by atoms with van der Waals surface area (Å²) in [5.41, 5.74) is -6.96. The zero-order valence-corrected chi connectivity index (χ0v) is 50.0. The minimum atomic E-state index is -1.96. The molecule has 84 heavy (non-hydrogen) atoms. The number of aliphatic hydroxyl groups is 10. The minimum absolute atomic E-state index is 0.00566. The predicted octanol–water partition coefficient (Wildman–Crippen LogP) is 2.19. The first-order valence-electron chi connectivity index (χ1n) is 30.9. The second-order valence-electron chi connectivity index (χ2n) is 28.2. The molecule has 28 atom stereocenters. The molecular formula is C62H94O22. The molecule has 0 aromatic rings. The average Bonchev–Trinajstić information content (AvgIpc) is 0.897. The van der Waals surface area contributed by atoms with Gasteiger partial charge in [-0.2, -0.15) is 0 Å². The fraction of sp³-hybridized carbons (Fsp3) is 0.871. The number of rotatable bonds is 11. The Kier molecular flexibility index (Phi) is 18.0. The van der Waals surface area contributed by atoms with Crippen LogP contribution in [0.3, 0.4) is 0 Å². The number of hydrogen-bond donors (Lipinski definition) is 10. The summed E-state index contributed by atoms with van der Waals surface area (Å²) in [7, 11) is 2.59. The normalized spacial score (nSPS) is 49.3. The van der Waals surface area contributed by atoms with Crippen molar-refractivity contribution in [3.8, 4) is 0 Å². The molecule has 0 aromatic heterocycles. The summed E-state index contributed by atoms with van der Waals surface area (Å²) in [4.78, 5) is 53.7. The lowest BCUT2D eigenvalue weighted by molar-refractivity contribution is -0.344. The van der Waals surface area contributed by atoms with Crippen LogP contribution in [0.4, 0.5) is 0 Å². The first-order valence-corrected chi connectivity index (χ1v) is 30.9.